The first-order chi connectivity index (χ1) is 13.6. The van der Waals surface area contributed by atoms with Crippen molar-refractivity contribution in [3.63, 3.8) is 0 Å². The van der Waals surface area contributed by atoms with Gasteiger partial charge >= 0.3 is 0 Å². The molecule has 3 rings (SSSR count). The van der Waals surface area contributed by atoms with E-state index in [9.17, 15) is 4.79 Å². The lowest BCUT2D eigenvalue weighted by molar-refractivity contribution is 0.0940. The molecular weight excluding hydrogens is 354 g/mol. The second-order valence-corrected chi connectivity index (χ2v) is 6.38. The van der Waals surface area contributed by atoms with Gasteiger partial charge in [-0.15, -0.1) is 0 Å². The second-order valence-electron chi connectivity index (χ2n) is 6.38. The number of benzene rings is 2. The molecule has 1 aromatic heterocycles. The lowest BCUT2D eigenvalue weighted by atomic mass is 10.0. The summed E-state index contributed by atoms with van der Waals surface area (Å²) in [7, 11) is 3.52. The molecule has 146 valence electrons. The number of hydrogen-bond donors (Lipinski definition) is 1. The molecule has 0 spiro atoms. The summed E-state index contributed by atoms with van der Waals surface area (Å²) in [4.78, 5) is 17.5. The van der Waals surface area contributed by atoms with Gasteiger partial charge in [0.2, 0.25) is 0 Å². The molecule has 3 aromatic rings. The summed E-state index contributed by atoms with van der Waals surface area (Å²) in [5.41, 5.74) is 2.35. The summed E-state index contributed by atoms with van der Waals surface area (Å²) in [6.45, 7) is 2.91. The van der Waals surface area contributed by atoms with Crippen LogP contribution in [0.1, 0.15) is 40.3 Å². The maximum Gasteiger partial charge on any atom is 0.252 e. The third kappa shape index (κ3) is 4.40. The molecule has 6 nitrogen and oxygen atoms in total. The largest absolute Gasteiger partial charge is 0.496 e. The van der Waals surface area contributed by atoms with E-state index in [0.29, 0.717) is 24.5 Å². The van der Waals surface area contributed by atoms with Gasteiger partial charge in [-0.1, -0.05) is 30.3 Å². The summed E-state index contributed by atoms with van der Waals surface area (Å²) < 4.78 is 12.8. The average Bonchev–Trinajstić information content (AvgIpc) is 3.16. The molecule has 0 saturated carbocycles. The molecule has 0 bridgehead atoms. The number of methoxy groups -OCH3 is 1. The minimum absolute atomic E-state index is 0.183. The van der Waals surface area contributed by atoms with Crippen LogP contribution in [0.25, 0.3) is 0 Å². The highest BCUT2D eigenvalue weighted by Gasteiger charge is 2.21. The fourth-order valence-electron chi connectivity index (χ4n) is 3.06. The maximum absolute atomic E-state index is 13.0. The van der Waals surface area contributed by atoms with Gasteiger partial charge in [-0.2, -0.15) is 0 Å². The van der Waals surface area contributed by atoms with Gasteiger partial charge in [-0.3, -0.25) is 4.79 Å². The quantitative estimate of drug-likeness (QED) is 0.651. The molecule has 6 heteroatoms. The van der Waals surface area contributed by atoms with Crippen LogP contribution < -0.4 is 10.1 Å². The number of ether oxygens (including phenoxy) is 2. The van der Waals surface area contributed by atoms with Crippen molar-refractivity contribution in [3.05, 3.63) is 83.4 Å². The number of imidazole rings is 1. The summed E-state index contributed by atoms with van der Waals surface area (Å²) in [5, 5.41) is 3.11. The van der Waals surface area contributed by atoms with E-state index in [1.54, 1.807) is 25.4 Å². The van der Waals surface area contributed by atoms with E-state index in [-0.39, 0.29) is 11.9 Å². The van der Waals surface area contributed by atoms with Gasteiger partial charge in [-0.25, -0.2) is 4.98 Å². The first-order valence-corrected chi connectivity index (χ1v) is 9.21. The number of carbonyl (C=O) groups excluding carboxylic acids is 1. The molecule has 28 heavy (non-hydrogen) atoms. The molecule has 1 N–H and O–H groups in total. The highest BCUT2D eigenvalue weighted by molar-refractivity contribution is 5.95. The fraction of sp³-hybridized carbons (Fsp3) is 0.273. The van der Waals surface area contributed by atoms with Gasteiger partial charge in [0.05, 0.1) is 13.7 Å². The number of amides is 1. The van der Waals surface area contributed by atoms with Crippen LogP contribution in [-0.2, 0) is 18.4 Å². The molecule has 0 aliphatic rings. The van der Waals surface area contributed by atoms with Crippen molar-refractivity contribution in [1.82, 2.24) is 14.9 Å². The van der Waals surface area contributed by atoms with E-state index >= 15 is 0 Å². The van der Waals surface area contributed by atoms with Gasteiger partial charge in [0.1, 0.15) is 17.6 Å². The highest BCUT2D eigenvalue weighted by Crippen LogP contribution is 2.23. The number of aromatic nitrogens is 2. The van der Waals surface area contributed by atoms with Crippen molar-refractivity contribution in [2.24, 2.45) is 7.05 Å². The number of carbonyl (C=O) groups is 1. The molecule has 0 radical (unpaired) electrons. The van der Waals surface area contributed by atoms with Crippen LogP contribution in [0.2, 0.25) is 0 Å². The molecule has 2 aromatic carbocycles. The van der Waals surface area contributed by atoms with E-state index in [4.69, 9.17) is 9.47 Å². The number of nitrogens with zero attached hydrogens (tertiary/aromatic N) is 2. The van der Waals surface area contributed by atoms with Crippen LogP contribution in [0, 0.1) is 0 Å². The first-order valence-electron chi connectivity index (χ1n) is 9.21. The Balaban J connectivity index is 1.89. The van der Waals surface area contributed by atoms with Crippen LogP contribution in [-0.4, -0.2) is 29.2 Å². The van der Waals surface area contributed by atoms with Crippen LogP contribution in [0.4, 0.5) is 0 Å². The summed E-state index contributed by atoms with van der Waals surface area (Å²) in [6.07, 6.45) is 3.59. The van der Waals surface area contributed by atoms with Gasteiger partial charge < -0.3 is 19.4 Å². The predicted molar refractivity (Wildman–Crippen MR) is 107 cm³/mol. The Labute approximate surface area is 165 Å². The second kappa shape index (κ2) is 9.19. The van der Waals surface area contributed by atoms with Crippen LogP contribution >= 0.6 is 0 Å². The van der Waals surface area contributed by atoms with E-state index in [0.717, 1.165) is 17.0 Å². The van der Waals surface area contributed by atoms with Crippen molar-refractivity contribution in [3.8, 4) is 5.75 Å². The zero-order valence-electron chi connectivity index (χ0n) is 16.4. The normalized spacial score (nSPS) is 11.8. The van der Waals surface area contributed by atoms with Crippen molar-refractivity contribution in [2.75, 3.05) is 13.7 Å². The monoisotopic (exact) mass is 379 g/mol. The number of aryl methyl sites for hydroxylation is 1. The number of hydrogen-bond acceptors (Lipinski definition) is 4. The smallest absolute Gasteiger partial charge is 0.252 e. The summed E-state index contributed by atoms with van der Waals surface area (Å²) in [5.74, 6) is 1.29. The lowest BCUT2D eigenvalue weighted by Crippen LogP contribution is -2.31. The van der Waals surface area contributed by atoms with Crippen molar-refractivity contribution in [2.45, 2.75) is 19.6 Å². The van der Waals surface area contributed by atoms with Crippen molar-refractivity contribution < 1.29 is 14.3 Å². The van der Waals surface area contributed by atoms with Crippen LogP contribution in [0.3, 0.4) is 0 Å². The predicted octanol–water partition coefficient (Wildman–Crippen LogP) is 3.48. The topological polar surface area (TPSA) is 65.4 Å². The van der Waals surface area contributed by atoms with E-state index in [1.807, 2.05) is 61.1 Å². The molecule has 1 atom stereocenters. The fourth-order valence-corrected chi connectivity index (χ4v) is 3.06. The van der Waals surface area contributed by atoms with Gasteiger partial charge in [0, 0.05) is 37.2 Å². The molecule has 0 fully saturated rings. The Bertz CT molecular complexity index is 922. The van der Waals surface area contributed by atoms with Crippen LogP contribution in [0.5, 0.6) is 5.75 Å². The third-order valence-electron chi connectivity index (χ3n) is 4.53. The SMILES string of the molecule is CCOCc1cc(C(=O)N[C@H](c2ccccc2)c2nccn2C)ccc1OC. The van der Waals surface area contributed by atoms with E-state index in [2.05, 4.69) is 10.3 Å². The Kier molecular flexibility index (Phi) is 6.45. The van der Waals surface area contributed by atoms with E-state index in [1.165, 1.54) is 0 Å². The third-order valence-corrected chi connectivity index (χ3v) is 4.53. The van der Waals surface area contributed by atoms with Gasteiger partial charge in [0.25, 0.3) is 5.91 Å². The Morgan fingerprint density at radius 3 is 2.64 bits per heavy atom. The van der Waals surface area contributed by atoms with Crippen molar-refractivity contribution in [1.29, 1.82) is 0 Å². The number of nitrogens with one attached hydrogen (secondary N) is 1. The number of rotatable bonds is 8. The average molecular weight is 379 g/mol. The molecule has 0 saturated heterocycles. The minimum atomic E-state index is -0.355. The molecule has 1 heterocycles. The standard InChI is InChI=1S/C22H25N3O3/c1-4-28-15-18-14-17(10-11-19(18)27-3)22(26)24-20(16-8-6-5-7-9-16)21-23-12-13-25(21)2/h5-14,20H,4,15H2,1-3H3,(H,24,26)/t20-/m1/s1. The Hall–Kier alpha value is -3.12. The molecule has 0 aliphatic carbocycles. The molecule has 0 aliphatic heterocycles. The molecule has 1 amide bonds. The van der Waals surface area contributed by atoms with Gasteiger partial charge in [-0.05, 0) is 30.7 Å². The lowest BCUT2D eigenvalue weighted by Gasteiger charge is -2.19. The Morgan fingerprint density at radius 1 is 1.21 bits per heavy atom. The minimum Gasteiger partial charge on any atom is -0.496 e. The maximum atomic E-state index is 13.0. The van der Waals surface area contributed by atoms with E-state index < -0.39 is 0 Å². The first kappa shape index (κ1) is 19.6. The molecule has 0 unspecified atom stereocenters. The highest BCUT2D eigenvalue weighted by atomic mass is 16.5. The summed E-state index contributed by atoms with van der Waals surface area (Å²) >= 11 is 0. The van der Waals surface area contributed by atoms with Crippen LogP contribution in [0.15, 0.2) is 60.9 Å². The van der Waals surface area contributed by atoms with Gasteiger partial charge in [0.15, 0.2) is 0 Å². The summed E-state index contributed by atoms with van der Waals surface area (Å²) in [6, 6.07) is 14.8. The van der Waals surface area contributed by atoms with Crippen molar-refractivity contribution >= 4 is 5.91 Å². The molecular formula is C22H25N3O3. The Morgan fingerprint density at radius 2 is 2.00 bits per heavy atom. The zero-order chi connectivity index (χ0) is 19.9. The zero-order valence-corrected chi connectivity index (χ0v) is 16.4.